The maximum Gasteiger partial charge on any atom is 0.244 e. The van der Waals surface area contributed by atoms with Crippen LogP contribution < -0.4 is 5.32 Å². The van der Waals surface area contributed by atoms with Gasteiger partial charge < -0.3 is 10.4 Å². The number of hydrogen-bond donors (Lipinski definition) is 2. The van der Waals surface area contributed by atoms with Gasteiger partial charge in [0.25, 0.3) is 0 Å². The number of aliphatic hydroxyl groups excluding tert-OH is 1. The van der Waals surface area contributed by atoms with Crippen LogP contribution in [0.1, 0.15) is 19.4 Å². The van der Waals surface area contributed by atoms with Gasteiger partial charge in [-0.1, -0.05) is 37.0 Å². The zero-order chi connectivity index (χ0) is 14.4. The highest BCUT2D eigenvalue weighted by Gasteiger charge is 2.09. The Kier molecular flexibility index (Phi) is 6.35. The van der Waals surface area contributed by atoms with Crippen molar-refractivity contribution < 1.29 is 9.90 Å². The Morgan fingerprint density at radius 2 is 2.11 bits per heavy atom. The van der Waals surface area contributed by atoms with E-state index in [-0.39, 0.29) is 18.4 Å². The quantitative estimate of drug-likeness (QED) is 0.821. The summed E-state index contributed by atoms with van der Waals surface area (Å²) < 4.78 is 0. The lowest BCUT2D eigenvalue weighted by Gasteiger charge is -2.14. The summed E-state index contributed by atoms with van der Waals surface area (Å²) in [6.45, 7) is 4.00. The summed E-state index contributed by atoms with van der Waals surface area (Å²) in [7, 11) is 0. The van der Waals surface area contributed by atoms with Crippen LogP contribution in [0.2, 0.25) is 10.0 Å². The molecular formula is C14H17Cl2NO2. The summed E-state index contributed by atoms with van der Waals surface area (Å²) in [5, 5.41) is 13.3. The van der Waals surface area contributed by atoms with Crippen molar-refractivity contribution in [2.24, 2.45) is 5.92 Å². The Labute approximate surface area is 123 Å². The fraction of sp³-hybridized carbons (Fsp3) is 0.357. The van der Waals surface area contributed by atoms with E-state index in [9.17, 15) is 9.90 Å². The molecule has 1 amide bonds. The number of benzene rings is 1. The summed E-state index contributed by atoms with van der Waals surface area (Å²) in [6, 6.07) is 5.03. The molecule has 19 heavy (non-hydrogen) atoms. The maximum absolute atomic E-state index is 11.6. The molecule has 3 nitrogen and oxygen atoms in total. The number of rotatable bonds is 5. The van der Waals surface area contributed by atoms with E-state index < -0.39 is 6.10 Å². The molecule has 0 radical (unpaired) electrons. The molecule has 0 spiro atoms. The Morgan fingerprint density at radius 3 is 2.74 bits per heavy atom. The van der Waals surface area contributed by atoms with Gasteiger partial charge in [0.05, 0.1) is 6.10 Å². The van der Waals surface area contributed by atoms with Gasteiger partial charge in [0, 0.05) is 22.7 Å². The second-order valence-corrected chi connectivity index (χ2v) is 5.40. The van der Waals surface area contributed by atoms with Crippen molar-refractivity contribution in [2.45, 2.75) is 20.0 Å². The highest BCUT2D eigenvalue weighted by atomic mass is 35.5. The summed E-state index contributed by atoms with van der Waals surface area (Å²) in [4.78, 5) is 11.6. The van der Waals surface area contributed by atoms with Crippen LogP contribution in [0.15, 0.2) is 24.3 Å². The molecule has 0 bridgehead atoms. The molecule has 0 saturated heterocycles. The van der Waals surface area contributed by atoms with Gasteiger partial charge in [-0.25, -0.2) is 0 Å². The second-order valence-electron chi connectivity index (χ2n) is 4.56. The normalized spacial score (nSPS) is 12.9. The molecule has 0 saturated carbocycles. The van der Waals surface area contributed by atoms with Gasteiger partial charge in [-0.05, 0) is 35.8 Å². The SMILES string of the molecule is CC(C)C(O)CNC(=O)/C=C/c1cc(Cl)ccc1Cl. The number of hydrogen-bond acceptors (Lipinski definition) is 2. The van der Waals surface area contributed by atoms with E-state index >= 15 is 0 Å². The first-order chi connectivity index (χ1) is 8.90. The predicted molar refractivity (Wildman–Crippen MR) is 79.4 cm³/mol. The van der Waals surface area contributed by atoms with E-state index in [2.05, 4.69) is 5.32 Å². The van der Waals surface area contributed by atoms with E-state index in [1.54, 1.807) is 24.3 Å². The number of carbonyl (C=O) groups excluding carboxylic acids is 1. The van der Waals surface area contributed by atoms with E-state index in [4.69, 9.17) is 23.2 Å². The third kappa shape index (κ3) is 5.64. The summed E-state index contributed by atoms with van der Waals surface area (Å²) >= 11 is 11.8. The molecule has 1 atom stereocenters. The van der Waals surface area contributed by atoms with Crippen molar-refractivity contribution in [1.82, 2.24) is 5.32 Å². The monoisotopic (exact) mass is 301 g/mol. The van der Waals surface area contributed by atoms with Gasteiger partial charge in [0.2, 0.25) is 5.91 Å². The highest BCUT2D eigenvalue weighted by molar-refractivity contribution is 6.34. The van der Waals surface area contributed by atoms with Crippen molar-refractivity contribution >= 4 is 35.2 Å². The molecule has 0 heterocycles. The largest absolute Gasteiger partial charge is 0.391 e. The third-order valence-electron chi connectivity index (χ3n) is 2.63. The average Bonchev–Trinajstić information content (AvgIpc) is 2.36. The molecule has 0 aromatic heterocycles. The number of nitrogens with one attached hydrogen (secondary N) is 1. The number of carbonyl (C=O) groups is 1. The van der Waals surface area contributed by atoms with Crippen molar-refractivity contribution in [3.8, 4) is 0 Å². The van der Waals surface area contributed by atoms with Gasteiger partial charge in [0.1, 0.15) is 0 Å². The minimum Gasteiger partial charge on any atom is -0.391 e. The Hall–Kier alpha value is -1.03. The van der Waals surface area contributed by atoms with Crippen molar-refractivity contribution in [3.05, 3.63) is 39.9 Å². The molecule has 104 valence electrons. The van der Waals surface area contributed by atoms with Crippen LogP contribution in [0.4, 0.5) is 0 Å². The highest BCUT2D eigenvalue weighted by Crippen LogP contribution is 2.21. The Bertz CT molecular complexity index is 473. The molecular weight excluding hydrogens is 285 g/mol. The van der Waals surface area contributed by atoms with Crippen LogP contribution in [0.5, 0.6) is 0 Å². The molecule has 2 N–H and O–H groups in total. The molecule has 1 aromatic carbocycles. The van der Waals surface area contributed by atoms with E-state index in [0.717, 1.165) is 0 Å². The second kappa shape index (κ2) is 7.53. The van der Waals surface area contributed by atoms with Crippen molar-refractivity contribution in [3.63, 3.8) is 0 Å². The molecule has 0 fully saturated rings. The van der Waals surface area contributed by atoms with Gasteiger partial charge >= 0.3 is 0 Å². The Balaban J connectivity index is 2.56. The first-order valence-corrected chi connectivity index (χ1v) is 6.74. The van der Waals surface area contributed by atoms with E-state index in [1.807, 2.05) is 13.8 Å². The zero-order valence-corrected chi connectivity index (χ0v) is 12.4. The number of amides is 1. The lowest BCUT2D eigenvalue weighted by Crippen LogP contribution is -2.33. The van der Waals surface area contributed by atoms with Gasteiger partial charge in [-0.2, -0.15) is 0 Å². The third-order valence-corrected chi connectivity index (χ3v) is 3.21. The molecule has 1 unspecified atom stereocenters. The smallest absolute Gasteiger partial charge is 0.244 e. The average molecular weight is 302 g/mol. The minimum atomic E-state index is -0.549. The Morgan fingerprint density at radius 1 is 1.42 bits per heavy atom. The lowest BCUT2D eigenvalue weighted by molar-refractivity contribution is -0.117. The first-order valence-electron chi connectivity index (χ1n) is 5.99. The van der Waals surface area contributed by atoms with Gasteiger partial charge in [0.15, 0.2) is 0 Å². The van der Waals surface area contributed by atoms with Gasteiger partial charge in [-0.15, -0.1) is 0 Å². The van der Waals surface area contributed by atoms with Crippen LogP contribution in [0.3, 0.4) is 0 Å². The van der Waals surface area contributed by atoms with Crippen LogP contribution in [-0.4, -0.2) is 23.7 Å². The maximum atomic E-state index is 11.6. The zero-order valence-electron chi connectivity index (χ0n) is 10.9. The number of halogens is 2. The molecule has 0 aliphatic heterocycles. The van der Waals surface area contributed by atoms with Crippen LogP contribution >= 0.6 is 23.2 Å². The van der Waals surface area contributed by atoms with Crippen LogP contribution in [0.25, 0.3) is 6.08 Å². The number of aliphatic hydroxyl groups is 1. The van der Waals surface area contributed by atoms with E-state index in [1.165, 1.54) is 6.08 Å². The van der Waals surface area contributed by atoms with E-state index in [0.29, 0.717) is 15.6 Å². The predicted octanol–water partition coefficient (Wildman–Crippen LogP) is 3.14. The fourth-order valence-electron chi connectivity index (χ4n) is 1.31. The van der Waals surface area contributed by atoms with Gasteiger partial charge in [-0.3, -0.25) is 4.79 Å². The van der Waals surface area contributed by atoms with Crippen LogP contribution in [-0.2, 0) is 4.79 Å². The van der Waals surface area contributed by atoms with Crippen molar-refractivity contribution in [1.29, 1.82) is 0 Å². The molecule has 0 aliphatic carbocycles. The lowest BCUT2D eigenvalue weighted by atomic mass is 10.1. The summed E-state index contributed by atoms with van der Waals surface area (Å²) in [5.74, 6) is -0.178. The molecule has 1 aromatic rings. The first kappa shape index (κ1) is 16.0. The summed E-state index contributed by atoms with van der Waals surface area (Å²) in [6.07, 6.45) is 2.41. The minimum absolute atomic E-state index is 0.103. The van der Waals surface area contributed by atoms with Crippen molar-refractivity contribution in [2.75, 3.05) is 6.54 Å². The molecule has 1 rings (SSSR count). The molecule has 5 heteroatoms. The standard InChI is InChI=1S/C14H17Cl2NO2/c1-9(2)13(18)8-17-14(19)6-3-10-7-11(15)4-5-12(10)16/h3-7,9,13,18H,8H2,1-2H3,(H,17,19)/b6-3+. The summed E-state index contributed by atoms with van der Waals surface area (Å²) in [5.41, 5.74) is 0.675. The van der Waals surface area contributed by atoms with Crippen LogP contribution in [0, 0.1) is 5.92 Å². The topological polar surface area (TPSA) is 49.3 Å². The fourth-order valence-corrected chi connectivity index (χ4v) is 1.67. The molecule has 0 aliphatic rings.